The maximum atomic E-state index is 13.2. The van der Waals surface area contributed by atoms with Gasteiger partial charge in [0.05, 0.1) is 12.5 Å². The van der Waals surface area contributed by atoms with E-state index in [0.717, 1.165) is 23.2 Å². The highest BCUT2D eigenvalue weighted by atomic mass is 16.5. The highest BCUT2D eigenvalue weighted by molar-refractivity contribution is 6.03. The van der Waals surface area contributed by atoms with Gasteiger partial charge < -0.3 is 10.1 Å². The lowest BCUT2D eigenvalue weighted by atomic mass is 9.96. The van der Waals surface area contributed by atoms with Crippen LogP contribution in [0, 0.1) is 0 Å². The van der Waals surface area contributed by atoms with Gasteiger partial charge in [-0.3, -0.25) is 9.59 Å². The molecule has 1 aliphatic rings. The second kappa shape index (κ2) is 12.7. The Morgan fingerprint density at radius 2 is 1.38 bits per heavy atom. The van der Waals surface area contributed by atoms with Crippen molar-refractivity contribution in [3.8, 4) is 11.1 Å². The van der Waals surface area contributed by atoms with E-state index in [-0.39, 0.29) is 17.8 Å². The molecular weight excluding hydrogens is 422 g/mol. The van der Waals surface area contributed by atoms with Crippen LogP contribution in [-0.2, 0) is 20.7 Å². The predicted octanol–water partition coefficient (Wildman–Crippen LogP) is 7.13. The molecule has 0 saturated carbocycles. The van der Waals surface area contributed by atoms with E-state index in [0.29, 0.717) is 6.61 Å². The van der Waals surface area contributed by atoms with Crippen molar-refractivity contribution in [3.63, 3.8) is 0 Å². The van der Waals surface area contributed by atoms with Crippen molar-refractivity contribution in [1.82, 2.24) is 0 Å². The van der Waals surface area contributed by atoms with Gasteiger partial charge in [0, 0.05) is 12.6 Å². The maximum Gasteiger partial charge on any atom is 0.302 e. The van der Waals surface area contributed by atoms with Crippen LogP contribution in [0.15, 0.2) is 72.8 Å². The molecule has 0 bridgehead atoms. The summed E-state index contributed by atoms with van der Waals surface area (Å²) in [5, 5.41) is 3.13. The molecule has 1 aliphatic carbocycles. The molecule has 34 heavy (non-hydrogen) atoms. The van der Waals surface area contributed by atoms with Crippen molar-refractivity contribution < 1.29 is 14.3 Å². The molecule has 0 aliphatic heterocycles. The molecule has 0 fully saturated rings. The van der Waals surface area contributed by atoms with E-state index >= 15 is 0 Å². The minimum atomic E-state index is -0.249. The van der Waals surface area contributed by atoms with Crippen LogP contribution in [0.25, 0.3) is 11.1 Å². The van der Waals surface area contributed by atoms with Gasteiger partial charge in [-0.15, -0.1) is 0 Å². The molecule has 0 atom stereocenters. The van der Waals surface area contributed by atoms with Crippen molar-refractivity contribution in [2.45, 2.75) is 58.8 Å². The predicted molar refractivity (Wildman–Crippen MR) is 139 cm³/mol. The topological polar surface area (TPSA) is 55.4 Å². The minimum Gasteiger partial charge on any atom is -0.466 e. The first kappa shape index (κ1) is 25.2. The van der Waals surface area contributed by atoms with Gasteiger partial charge in [0.2, 0.25) is 5.91 Å². The van der Waals surface area contributed by atoms with Gasteiger partial charge in [-0.1, -0.05) is 86.8 Å². The smallest absolute Gasteiger partial charge is 0.302 e. The van der Waals surface area contributed by atoms with Crippen molar-refractivity contribution in [2.75, 3.05) is 11.9 Å². The van der Waals surface area contributed by atoms with Crippen LogP contribution in [-0.4, -0.2) is 18.5 Å². The van der Waals surface area contributed by atoms with Crippen molar-refractivity contribution >= 4 is 17.6 Å². The van der Waals surface area contributed by atoms with E-state index in [1.54, 1.807) is 6.92 Å². The molecule has 1 amide bonds. The fourth-order valence-electron chi connectivity index (χ4n) is 4.37. The number of ether oxygens (including phenoxy) is 1. The van der Waals surface area contributed by atoms with Crippen LogP contribution >= 0.6 is 0 Å². The molecule has 0 heterocycles. The number of esters is 1. The summed E-state index contributed by atoms with van der Waals surface area (Å²) in [6.07, 6.45) is 6.19. The van der Waals surface area contributed by atoms with Crippen LogP contribution < -0.4 is 5.32 Å². The molecule has 0 aromatic heterocycles. The number of amides is 1. The van der Waals surface area contributed by atoms with E-state index in [9.17, 15) is 9.59 Å². The van der Waals surface area contributed by atoms with E-state index in [1.165, 1.54) is 49.3 Å². The molecule has 3 aromatic rings. The zero-order valence-electron chi connectivity index (χ0n) is 20.5. The Bertz CT molecular complexity index is 1040. The summed E-state index contributed by atoms with van der Waals surface area (Å²) in [5.41, 5.74) is 6.72. The van der Waals surface area contributed by atoms with Crippen LogP contribution in [0.2, 0.25) is 0 Å². The molecule has 4 rings (SSSR count). The van der Waals surface area contributed by atoms with Crippen LogP contribution in [0.1, 0.15) is 69.1 Å². The van der Waals surface area contributed by atoms with Crippen molar-refractivity contribution in [2.24, 2.45) is 0 Å². The molecule has 178 valence electrons. The third-order valence-electron chi connectivity index (χ3n) is 5.98. The quantitative estimate of drug-likeness (QED) is 0.289. The normalized spacial score (nSPS) is 11.6. The second-order valence-electron chi connectivity index (χ2n) is 8.53. The van der Waals surface area contributed by atoms with E-state index < -0.39 is 0 Å². The van der Waals surface area contributed by atoms with Gasteiger partial charge in [0.1, 0.15) is 0 Å². The van der Waals surface area contributed by atoms with Gasteiger partial charge >= 0.3 is 5.97 Å². The van der Waals surface area contributed by atoms with Crippen molar-refractivity contribution in [3.05, 3.63) is 89.5 Å². The number of hydrogen-bond acceptors (Lipinski definition) is 3. The Kier molecular flexibility index (Phi) is 9.45. The van der Waals surface area contributed by atoms with Crippen LogP contribution in [0.3, 0.4) is 0 Å². The fraction of sp³-hybridized carbons (Fsp3) is 0.333. The summed E-state index contributed by atoms with van der Waals surface area (Å²) in [6, 6.07) is 24.8. The molecule has 0 saturated heterocycles. The summed E-state index contributed by atoms with van der Waals surface area (Å²) in [6.45, 7) is 5.89. The number of fused-ring (bicyclic) bond motifs is 3. The van der Waals surface area contributed by atoms with E-state index in [2.05, 4.69) is 53.4 Å². The third-order valence-corrected chi connectivity index (χ3v) is 5.98. The first-order chi connectivity index (χ1) is 16.5. The number of nitrogens with one attached hydrogen (secondary N) is 1. The number of benzene rings is 3. The van der Waals surface area contributed by atoms with Gasteiger partial charge in [-0.05, 0) is 59.7 Å². The zero-order valence-corrected chi connectivity index (χ0v) is 20.5. The highest BCUT2D eigenvalue weighted by Gasteiger charge is 2.33. The number of aryl methyl sites for hydroxylation is 1. The molecule has 1 N–H and O–H groups in total. The van der Waals surface area contributed by atoms with Gasteiger partial charge in [0.15, 0.2) is 0 Å². The second-order valence-corrected chi connectivity index (χ2v) is 8.53. The third kappa shape index (κ3) is 6.57. The van der Waals surface area contributed by atoms with E-state index in [1.807, 2.05) is 36.4 Å². The number of hydrogen-bond donors (Lipinski definition) is 1. The Labute approximate surface area is 203 Å². The van der Waals surface area contributed by atoms with Crippen LogP contribution in [0.5, 0.6) is 0 Å². The Morgan fingerprint density at radius 1 is 0.794 bits per heavy atom. The Balaban J connectivity index is 0.000000481. The number of carbonyl (C=O) groups is 2. The van der Waals surface area contributed by atoms with Crippen LogP contribution in [0.4, 0.5) is 5.69 Å². The van der Waals surface area contributed by atoms with Gasteiger partial charge in [0.25, 0.3) is 0 Å². The lowest BCUT2D eigenvalue weighted by Crippen LogP contribution is -2.20. The fourth-order valence-corrected chi connectivity index (χ4v) is 4.37. The molecule has 3 aromatic carbocycles. The molecule has 0 spiro atoms. The lowest BCUT2D eigenvalue weighted by molar-refractivity contribution is -0.140. The van der Waals surface area contributed by atoms with E-state index in [4.69, 9.17) is 0 Å². The standard InChI is InChI=1S/C26H27NO.C4H8O2/c1-2-3-4-5-10-19-15-17-20(18-16-19)27-26(28)25-23-13-8-6-11-21(23)22-12-7-9-14-24(22)25;1-3-6-4(2)5/h6-9,11-18,25H,2-5,10H2,1H3,(H,27,28);3H2,1-2H3. The average Bonchev–Trinajstić information content (AvgIpc) is 3.18. The minimum absolute atomic E-state index is 0.0353. The highest BCUT2D eigenvalue weighted by Crippen LogP contribution is 2.44. The summed E-state index contributed by atoms with van der Waals surface area (Å²) < 4.78 is 4.40. The number of carbonyl (C=O) groups excluding carboxylic acids is 2. The summed E-state index contributed by atoms with van der Waals surface area (Å²) in [4.78, 5) is 23.0. The first-order valence-electron chi connectivity index (χ1n) is 12.3. The number of anilines is 1. The largest absolute Gasteiger partial charge is 0.466 e. The Morgan fingerprint density at radius 3 is 1.88 bits per heavy atom. The SMILES string of the molecule is CCCCCCc1ccc(NC(=O)C2c3ccccc3-c3ccccc32)cc1.CCOC(C)=O. The average molecular weight is 458 g/mol. The number of unbranched alkanes of at least 4 members (excludes halogenated alkanes) is 3. The van der Waals surface area contributed by atoms with Gasteiger partial charge in [-0.25, -0.2) is 0 Å². The molecule has 4 nitrogen and oxygen atoms in total. The number of rotatable bonds is 8. The maximum absolute atomic E-state index is 13.2. The summed E-state index contributed by atoms with van der Waals surface area (Å²) in [7, 11) is 0. The molecule has 0 unspecified atom stereocenters. The molecular formula is C30H35NO3. The Hall–Kier alpha value is -3.40. The summed E-state index contributed by atoms with van der Waals surface area (Å²) in [5.74, 6) is -0.424. The van der Waals surface area contributed by atoms with Gasteiger partial charge in [-0.2, -0.15) is 0 Å². The molecule has 4 heteroatoms. The van der Waals surface area contributed by atoms with Crippen molar-refractivity contribution in [1.29, 1.82) is 0 Å². The lowest BCUT2D eigenvalue weighted by Gasteiger charge is -2.14. The zero-order chi connectivity index (χ0) is 24.3. The molecule has 0 radical (unpaired) electrons. The first-order valence-corrected chi connectivity index (χ1v) is 12.3. The summed E-state index contributed by atoms with van der Waals surface area (Å²) >= 11 is 0. The monoisotopic (exact) mass is 457 g/mol.